The van der Waals surface area contributed by atoms with Crippen molar-refractivity contribution < 1.29 is 4.74 Å². The highest BCUT2D eigenvalue weighted by Gasteiger charge is 2.09. The number of aromatic nitrogens is 1. The predicted octanol–water partition coefficient (Wildman–Crippen LogP) is 4.27. The lowest BCUT2D eigenvalue weighted by Gasteiger charge is -2.12. The molecular formula is C16H19NO. The monoisotopic (exact) mass is 241 g/mol. The third kappa shape index (κ3) is 2.70. The first-order valence-corrected chi connectivity index (χ1v) is 6.40. The van der Waals surface area contributed by atoms with Gasteiger partial charge in [-0.05, 0) is 36.6 Å². The van der Waals surface area contributed by atoms with Crippen LogP contribution < -0.4 is 4.74 Å². The minimum Gasteiger partial charge on any atom is -0.494 e. The van der Waals surface area contributed by atoms with E-state index in [-0.39, 0.29) is 0 Å². The molecule has 94 valence electrons. The normalized spacial score (nSPS) is 10.7. The molecule has 1 heterocycles. The SMILES string of the molecule is CCOc1ccc(-c2cccnc2C(C)C)cc1. The van der Waals surface area contributed by atoms with Crippen LogP contribution in [-0.2, 0) is 0 Å². The second-order valence-electron chi connectivity index (χ2n) is 4.55. The highest BCUT2D eigenvalue weighted by atomic mass is 16.5. The Balaban J connectivity index is 2.36. The molecule has 0 aliphatic heterocycles. The van der Waals surface area contributed by atoms with Crippen molar-refractivity contribution in [3.05, 3.63) is 48.3 Å². The quantitative estimate of drug-likeness (QED) is 0.797. The maximum atomic E-state index is 5.46. The first-order chi connectivity index (χ1) is 8.72. The van der Waals surface area contributed by atoms with Gasteiger partial charge >= 0.3 is 0 Å². The molecule has 0 N–H and O–H groups in total. The molecule has 0 saturated heterocycles. The van der Waals surface area contributed by atoms with Crippen LogP contribution in [0.1, 0.15) is 32.4 Å². The largest absolute Gasteiger partial charge is 0.494 e. The zero-order valence-corrected chi connectivity index (χ0v) is 11.2. The van der Waals surface area contributed by atoms with Gasteiger partial charge in [-0.2, -0.15) is 0 Å². The molecule has 0 fully saturated rings. The lowest BCUT2D eigenvalue weighted by molar-refractivity contribution is 0.340. The van der Waals surface area contributed by atoms with Crippen LogP contribution in [0.2, 0.25) is 0 Å². The summed E-state index contributed by atoms with van der Waals surface area (Å²) in [5.74, 6) is 1.34. The molecule has 0 spiro atoms. The maximum absolute atomic E-state index is 5.46. The molecule has 0 aliphatic rings. The van der Waals surface area contributed by atoms with E-state index in [9.17, 15) is 0 Å². The van der Waals surface area contributed by atoms with E-state index in [2.05, 4.69) is 37.0 Å². The Labute approximate surface area is 109 Å². The summed E-state index contributed by atoms with van der Waals surface area (Å²) in [4.78, 5) is 4.48. The van der Waals surface area contributed by atoms with E-state index < -0.39 is 0 Å². The first-order valence-electron chi connectivity index (χ1n) is 6.40. The molecule has 0 atom stereocenters. The van der Waals surface area contributed by atoms with E-state index in [1.165, 1.54) is 11.1 Å². The molecule has 0 aliphatic carbocycles. The third-order valence-electron chi connectivity index (χ3n) is 2.86. The smallest absolute Gasteiger partial charge is 0.119 e. The molecule has 1 aromatic carbocycles. The van der Waals surface area contributed by atoms with Gasteiger partial charge in [0.05, 0.1) is 12.3 Å². The number of hydrogen-bond donors (Lipinski definition) is 0. The van der Waals surface area contributed by atoms with Crippen molar-refractivity contribution in [1.29, 1.82) is 0 Å². The van der Waals surface area contributed by atoms with Gasteiger partial charge in [0.2, 0.25) is 0 Å². The molecule has 0 saturated carbocycles. The lowest BCUT2D eigenvalue weighted by atomic mass is 9.98. The number of ether oxygens (including phenoxy) is 1. The maximum Gasteiger partial charge on any atom is 0.119 e. The summed E-state index contributed by atoms with van der Waals surface area (Å²) in [5.41, 5.74) is 3.53. The highest BCUT2D eigenvalue weighted by molar-refractivity contribution is 5.67. The second-order valence-corrected chi connectivity index (χ2v) is 4.55. The van der Waals surface area contributed by atoms with E-state index in [0.717, 1.165) is 11.4 Å². The average Bonchev–Trinajstić information content (AvgIpc) is 2.40. The summed E-state index contributed by atoms with van der Waals surface area (Å²) < 4.78 is 5.46. The summed E-state index contributed by atoms with van der Waals surface area (Å²) in [5, 5.41) is 0. The van der Waals surface area contributed by atoms with Crippen LogP contribution in [0.5, 0.6) is 5.75 Å². The van der Waals surface area contributed by atoms with Crippen molar-refractivity contribution in [1.82, 2.24) is 4.98 Å². The van der Waals surface area contributed by atoms with E-state index >= 15 is 0 Å². The van der Waals surface area contributed by atoms with Crippen molar-refractivity contribution in [2.45, 2.75) is 26.7 Å². The fraction of sp³-hybridized carbons (Fsp3) is 0.312. The van der Waals surface area contributed by atoms with E-state index in [0.29, 0.717) is 12.5 Å². The van der Waals surface area contributed by atoms with Crippen molar-refractivity contribution in [2.24, 2.45) is 0 Å². The van der Waals surface area contributed by atoms with Crippen LogP contribution >= 0.6 is 0 Å². The molecule has 18 heavy (non-hydrogen) atoms. The molecule has 2 nitrogen and oxygen atoms in total. The Kier molecular flexibility index (Phi) is 3.98. The van der Waals surface area contributed by atoms with Crippen LogP contribution in [0.3, 0.4) is 0 Å². The van der Waals surface area contributed by atoms with Crippen molar-refractivity contribution >= 4 is 0 Å². The van der Waals surface area contributed by atoms with Gasteiger partial charge in [0.25, 0.3) is 0 Å². The van der Waals surface area contributed by atoms with Gasteiger partial charge < -0.3 is 4.74 Å². The number of rotatable bonds is 4. The Morgan fingerprint density at radius 2 is 1.83 bits per heavy atom. The Morgan fingerprint density at radius 3 is 2.44 bits per heavy atom. The van der Waals surface area contributed by atoms with Gasteiger partial charge in [-0.1, -0.05) is 32.0 Å². The summed E-state index contributed by atoms with van der Waals surface area (Å²) in [6, 6.07) is 12.3. The summed E-state index contributed by atoms with van der Waals surface area (Å²) in [6.45, 7) is 7.02. The molecule has 0 unspecified atom stereocenters. The fourth-order valence-corrected chi connectivity index (χ4v) is 2.02. The first kappa shape index (κ1) is 12.6. The van der Waals surface area contributed by atoms with Gasteiger partial charge in [0.15, 0.2) is 0 Å². The Bertz CT molecular complexity index is 503. The van der Waals surface area contributed by atoms with Crippen molar-refractivity contribution in [2.75, 3.05) is 6.61 Å². The zero-order chi connectivity index (χ0) is 13.0. The van der Waals surface area contributed by atoms with Crippen molar-refractivity contribution in [3.63, 3.8) is 0 Å². The van der Waals surface area contributed by atoms with Gasteiger partial charge in [0.1, 0.15) is 5.75 Å². The Hall–Kier alpha value is -1.83. The standard InChI is InChI=1S/C16H19NO/c1-4-18-14-9-7-13(8-10-14)15-6-5-11-17-16(15)12(2)3/h5-12H,4H2,1-3H3. The van der Waals surface area contributed by atoms with Crippen LogP contribution in [0, 0.1) is 0 Å². The van der Waals surface area contributed by atoms with Gasteiger partial charge in [-0.15, -0.1) is 0 Å². The summed E-state index contributed by atoms with van der Waals surface area (Å²) >= 11 is 0. The molecule has 0 amide bonds. The molecule has 2 rings (SSSR count). The molecular weight excluding hydrogens is 222 g/mol. The average molecular weight is 241 g/mol. The molecule has 1 aromatic heterocycles. The minimum absolute atomic E-state index is 0.424. The van der Waals surface area contributed by atoms with E-state index in [1.54, 1.807) is 0 Å². The second kappa shape index (κ2) is 5.67. The number of benzene rings is 1. The number of hydrogen-bond acceptors (Lipinski definition) is 2. The number of nitrogens with zero attached hydrogens (tertiary/aromatic N) is 1. The molecule has 2 heteroatoms. The van der Waals surface area contributed by atoms with E-state index in [4.69, 9.17) is 4.74 Å². The van der Waals surface area contributed by atoms with Gasteiger partial charge in [-0.25, -0.2) is 0 Å². The molecule has 0 bridgehead atoms. The zero-order valence-electron chi connectivity index (χ0n) is 11.2. The summed E-state index contributed by atoms with van der Waals surface area (Å²) in [7, 11) is 0. The topological polar surface area (TPSA) is 22.1 Å². The molecule has 0 radical (unpaired) electrons. The highest BCUT2D eigenvalue weighted by Crippen LogP contribution is 2.28. The van der Waals surface area contributed by atoms with E-state index in [1.807, 2.05) is 31.3 Å². The van der Waals surface area contributed by atoms with Gasteiger partial charge in [-0.3, -0.25) is 4.98 Å². The Morgan fingerprint density at radius 1 is 1.11 bits per heavy atom. The third-order valence-corrected chi connectivity index (χ3v) is 2.86. The number of pyridine rings is 1. The summed E-state index contributed by atoms with van der Waals surface area (Å²) in [6.07, 6.45) is 1.85. The predicted molar refractivity (Wildman–Crippen MR) is 74.9 cm³/mol. The van der Waals surface area contributed by atoms with Crippen molar-refractivity contribution in [3.8, 4) is 16.9 Å². The fourth-order valence-electron chi connectivity index (χ4n) is 2.02. The van der Waals surface area contributed by atoms with Crippen LogP contribution in [-0.4, -0.2) is 11.6 Å². The van der Waals surface area contributed by atoms with Crippen LogP contribution in [0.25, 0.3) is 11.1 Å². The molecule has 2 aromatic rings. The van der Waals surface area contributed by atoms with Gasteiger partial charge in [0, 0.05) is 11.8 Å². The lowest BCUT2D eigenvalue weighted by Crippen LogP contribution is -1.96. The van der Waals surface area contributed by atoms with Crippen LogP contribution in [0.15, 0.2) is 42.6 Å². The minimum atomic E-state index is 0.424. The van der Waals surface area contributed by atoms with Crippen LogP contribution in [0.4, 0.5) is 0 Å².